The molecule has 1 saturated heterocycles. The van der Waals surface area contributed by atoms with Gasteiger partial charge >= 0.3 is 0 Å². The maximum absolute atomic E-state index is 12.1. The first kappa shape index (κ1) is 16.7. The van der Waals surface area contributed by atoms with E-state index in [1.165, 1.54) is 10.8 Å². The van der Waals surface area contributed by atoms with Gasteiger partial charge in [0.25, 0.3) is 5.56 Å². The standard InChI is InChI=1S/C15H15ClN4O3S/c16-10-2-1-3-11(8-10)20-14(22)12(13(21)18-15(20)24)9-17-19-4-6-23-7-5-19/h1-3,8-9,22H,4-7H2,(H,18,21,24). The van der Waals surface area contributed by atoms with Crippen LogP contribution in [0.4, 0.5) is 0 Å². The van der Waals surface area contributed by atoms with E-state index in [0.717, 1.165) is 0 Å². The zero-order chi connectivity index (χ0) is 17.1. The summed E-state index contributed by atoms with van der Waals surface area (Å²) in [5.74, 6) is -0.289. The van der Waals surface area contributed by atoms with Gasteiger partial charge in [-0.15, -0.1) is 0 Å². The van der Waals surface area contributed by atoms with Gasteiger partial charge in [-0.2, -0.15) is 5.10 Å². The summed E-state index contributed by atoms with van der Waals surface area (Å²) < 4.78 is 6.65. The molecule has 126 valence electrons. The Morgan fingerprint density at radius 3 is 2.83 bits per heavy atom. The number of hydrogen-bond acceptors (Lipinski definition) is 6. The van der Waals surface area contributed by atoms with Gasteiger partial charge in [0.05, 0.1) is 38.2 Å². The number of aromatic hydroxyl groups is 1. The molecule has 0 spiro atoms. The Hall–Kier alpha value is -2.16. The maximum Gasteiger partial charge on any atom is 0.264 e. The summed E-state index contributed by atoms with van der Waals surface area (Å²) in [5, 5.41) is 17.0. The normalized spacial score (nSPS) is 15.1. The molecule has 0 bridgehead atoms. The van der Waals surface area contributed by atoms with Crippen molar-refractivity contribution in [3.05, 3.63) is 50.0 Å². The molecule has 0 radical (unpaired) electrons. The van der Waals surface area contributed by atoms with E-state index >= 15 is 0 Å². The van der Waals surface area contributed by atoms with E-state index in [-0.39, 0.29) is 16.2 Å². The molecule has 1 aliphatic rings. The second-order valence-corrected chi connectivity index (χ2v) is 5.95. The number of halogens is 1. The quantitative estimate of drug-likeness (QED) is 0.640. The van der Waals surface area contributed by atoms with Gasteiger partial charge in [-0.1, -0.05) is 17.7 Å². The molecule has 9 heteroatoms. The molecule has 24 heavy (non-hydrogen) atoms. The molecule has 1 aromatic heterocycles. The first-order chi connectivity index (χ1) is 11.6. The smallest absolute Gasteiger partial charge is 0.264 e. The minimum Gasteiger partial charge on any atom is -0.494 e. The number of H-pyrrole nitrogens is 1. The summed E-state index contributed by atoms with van der Waals surface area (Å²) in [5.41, 5.74) is 0.0603. The van der Waals surface area contributed by atoms with E-state index in [9.17, 15) is 9.90 Å². The van der Waals surface area contributed by atoms with Gasteiger partial charge in [0.1, 0.15) is 5.56 Å². The van der Waals surface area contributed by atoms with Gasteiger partial charge in [-0.25, -0.2) is 0 Å². The molecule has 2 heterocycles. The van der Waals surface area contributed by atoms with E-state index < -0.39 is 5.56 Å². The van der Waals surface area contributed by atoms with E-state index in [0.29, 0.717) is 37.0 Å². The topological polar surface area (TPSA) is 82.8 Å². The molecular formula is C15H15ClN4O3S. The summed E-state index contributed by atoms with van der Waals surface area (Å²) >= 11 is 11.1. The Bertz CT molecular complexity index is 887. The van der Waals surface area contributed by atoms with Crippen molar-refractivity contribution in [1.82, 2.24) is 14.6 Å². The zero-order valence-electron chi connectivity index (χ0n) is 12.6. The van der Waals surface area contributed by atoms with Crippen LogP contribution >= 0.6 is 23.8 Å². The van der Waals surface area contributed by atoms with Crippen molar-refractivity contribution in [2.45, 2.75) is 0 Å². The Morgan fingerprint density at radius 2 is 2.12 bits per heavy atom. The number of benzene rings is 1. The molecule has 1 aromatic carbocycles. The molecule has 2 N–H and O–H groups in total. The van der Waals surface area contributed by atoms with Crippen LogP contribution in [0.3, 0.4) is 0 Å². The van der Waals surface area contributed by atoms with Crippen molar-refractivity contribution in [3.8, 4) is 11.6 Å². The van der Waals surface area contributed by atoms with Crippen LogP contribution in [-0.4, -0.2) is 52.2 Å². The SMILES string of the molecule is O=c1[nH]c(=S)n(-c2cccc(Cl)c2)c(O)c1C=NN1CCOCC1. The van der Waals surface area contributed by atoms with Crippen LogP contribution in [0.2, 0.25) is 5.02 Å². The van der Waals surface area contributed by atoms with Crippen molar-refractivity contribution >= 4 is 30.0 Å². The van der Waals surface area contributed by atoms with Crippen molar-refractivity contribution in [1.29, 1.82) is 0 Å². The van der Waals surface area contributed by atoms with Crippen molar-refractivity contribution < 1.29 is 9.84 Å². The first-order valence-corrected chi connectivity index (χ1v) is 8.06. The zero-order valence-corrected chi connectivity index (χ0v) is 14.2. The number of aromatic nitrogens is 2. The van der Waals surface area contributed by atoms with E-state index in [2.05, 4.69) is 10.1 Å². The second kappa shape index (κ2) is 7.16. The highest BCUT2D eigenvalue weighted by molar-refractivity contribution is 7.71. The maximum atomic E-state index is 12.1. The lowest BCUT2D eigenvalue weighted by Crippen LogP contribution is -2.32. The Labute approximate surface area is 147 Å². The number of hydrazone groups is 1. The molecule has 3 rings (SSSR count). The minimum absolute atomic E-state index is 0.0232. The van der Waals surface area contributed by atoms with Crippen LogP contribution < -0.4 is 5.56 Å². The molecule has 1 aliphatic heterocycles. The summed E-state index contributed by atoms with van der Waals surface area (Å²) in [6, 6.07) is 6.80. The fourth-order valence-corrected chi connectivity index (χ4v) is 2.79. The van der Waals surface area contributed by atoms with Gasteiger partial charge in [0, 0.05) is 5.02 Å². The van der Waals surface area contributed by atoms with Gasteiger partial charge in [0.2, 0.25) is 5.88 Å². The molecule has 1 fully saturated rings. The lowest BCUT2D eigenvalue weighted by molar-refractivity contribution is 0.0396. The average molecular weight is 367 g/mol. The molecule has 2 aromatic rings. The summed E-state index contributed by atoms with van der Waals surface area (Å²) in [6.45, 7) is 2.41. The third-order valence-electron chi connectivity index (χ3n) is 3.52. The molecule has 0 unspecified atom stereocenters. The number of morpholine rings is 1. The predicted molar refractivity (Wildman–Crippen MR) is 93.9 cm³/mol. The Kier molecular flexibility index (Phi) is 4.98. The third kappa shape index (κ3) is 3.50. The van der Waals surface area contributed by atoms with Crippen molar-refractivity contribution in [2.75, 3.05) is 26.3 Å². The first-order valence-electron chi connectivity index (χ1n) is 7.27. The molecule has 0 amide bonds. The number of hydrogen-bond donors (Lipinski definition) is 2. The van der Waals surface area contributed by atoms with Gasteiger partial charge < -0.3 is 9.84 Å². The van der Waals surface area contributed by atoms with Crippen LogP contribution in [0.15, 0.2) is 34.2 Å². The monoisotopic (exact) mass is 366 g/mol. The number of nitrogens with zero attached hydrogens (tertiary/aromatic N) is 3. The largest absolute Gasteiger partial charge is 0.494 e. The van der Waals surface area contributed by atoms with E-state index in [4.69, 9.17) is 28.6 Å². The van der Waals surface area contributed by atoms with Gasteiger partial charge in [-0.05, 0) is 30.4 Å². The molecular weight excluding hydrogens is 352 g/mol. The van der Waals surface area contributed by atoms with Crippen LogP contribution in [0.5, 0.6) is 5.88 Å². The predicted octanol–water partition coefficient (Wildman–Crippen LogP) is 1.92. The highest BCUT2D eigenvalue weighted by Gasteiger charge is 2.14. The highest BCUT2D eigenvalue weighted by atomic mass is 35.5. The number of rotatable bonds is 3. The minimum atomic E-state index is -0.507. The number of nitrogens with one attached hydrogen (secondary N) is 1. The lowest BCUT2D eigenvalue weighted by Gasteiger charge is -2.23. The third-order valence-corrected chi connectivity index (χ3v) is 4.04. The van der Waals surface area contributed by atoms with Crippen LogP contribution in [-0.2, 0) is 4.74 Å². The Balaban J connectivity index is 2.04. The van der Waals surface area contributed by atoms with Crippen LogP contribution in [0.1, 0.15) is 5.56 Å². The summed E-state index contributed by atoms with van der Waals surface area (Å²) in [6.07, 6.45) is 1.33. The summed E-state index contributed by atoms with van der Waals surface area (Å²) in [7, 11) is 0. The van der Waals surface area contributed by atoms with Gasteiger partial charge in [-0.3, -0.25) is 19.4 Å². The molecule has 0 aliphatic carbocycles. The summed E-state index contributed by atoms with van der Waals surface area (Å²) in [4.78, 5) is 14.7. The van der Waals surface area contributed by atoms with Crippen LogP contribution in [0.25, 0.3) is 5.69 Å². The Morgan fingerprint density at radius 1 is 1.38 bits per heavy atom. The molecule has 0 atom stereocenters. The molecule has 0 saturated carbocycles. The highest BCUT2D eigenvalue weighted by Crippen LogP contribution is 2.21. The number of aromatic amines is 1. The van der Waals surface area contributed by atoms with Gasteiger partial charge in [0.15, 0.2) is 4.77 Å². The lowest BCUT2D eigenvalue weighted by atomic mass is 10.3. The van der Waals surface area contributed by atoms with E-state index in [1.54, 1.807) is 29.3 Å². The van der Waals surface area contributed by atoms with Crippen molar-refractivity contribution in [2.24, 2.45) is 5.10 Å². The van der Waals surface area contributed by atoms with Crippen molar-refractivity contribution in [3.63, 3.8) is 0 Å². The number of ether oxygens (including phenoxy) is 1. The molecule has 7 nitrogen and oxygen atoms in total. The second-order valence-electron chi connectivity index (χ2n) is 5.12. The van der Waals surface area contributed by atoms with E-state index in [1.807, 2.05) is 0 Å². The fraction of sp³-hybridized carbons (Fsp3) is 0.267. The average Bonchev–Trinajstić information content (AvgIpc) is 2.55. The van der Waals surface area contributed by atoms with Crippen LogP contribution in [0, 0.1) is 4.77 Å². The fourth-order valence-electron chi connectivity index (χ4n) is 2.32.